The first-order valence-corrected chi connectivity index (χ1v) is 6.61. The van der Waals surface area contributed by atoms with Crippen LogP contribution in [0.2, 0.25) is 0 Å². The van der Waals surface area contributed by atoms with E-state index < -0.39 is 0 Å². The molecule has 1 aliphatic rings. The lowest BCUT2D eigenvalue weighted by molar-refractivity contribution is 0.0951. The molecule has 1 aliphatic carbocycles. The zero-order chi connectivity index (χ0) is 13.1. The van der Waals surface area contributed by atoms with Gasteiger partial charge < -0.3 is 5.32 Å². The minimum Gasteiger partial charge on any atom is -0.352 e. The van der Waals surface area contributed by atoms with Crippen molar-refractivity contribution in [2.24, 2.45) is 5.92 Å². The molecule has 19 heavy (non-hydrogen) atoms. The predicted octanol–water partition coefficient (Wildman–Crippen LogP) is 2.89. The summed E-state index contributed by atoms with van der Waals surface area (Å²) in [5.74, 6) is 0.659. The van der Waals surface area contributed by atoms with Crippen LogP contribution in [0.3, 0.4) is 0 Å². The van der Waals surface area contributed by atoms with Crippen LogP contribution in [0.5, 0.6) is 0 Å². The van der Waals surface area contributed by atoms with Crippen molar-refractivity contribution in [3.8, 4) is 11.1 Å². The van der Waals surface area contributed by atoms with Crippen LogP contribution in [0.25, 0.3) is 11.1 Å². The largest absolute Gasteiger partial charge is 0.352 e. The summed E-state index contributed by atoms with van der Waals surface area (Å²) < 4.78 is 0. The maximum Gasteiger partial charge on any atom is 0.252 e. The average Bonchev–Trinajstić information content (AvgIpc) is 3.30. The number of aromatic nitrogens is 1. The van der Waals surface area contributed by atoms with Gasteiger partial charge in [0.2, 0.25) is 0 Å². The smallest absolute Gasteiger partial charge is 0.252 e. The van der Waals surface area contributed by atoms with E-state index in [1.807, 2.05) is 36.4 Å². The topological polar surface area (TPSA) is 42.0 Å². The lowest BCUT2D eigenvalue weighted by Crippen LogP contribution is -2.25. The zero-order valence-electron chi connectivity index (χ0n) is 10.7. The van der Waals surface area contributed by atoms with Gasteiger partial charge in [-0.05, 0) is 30.4 Å². The van der Waals surface area contributed by atoms with E-state index in [9.17, 15) is 4.79 Å². The fraction of sp³-hybridized carbons (Fsp3) is 0.250. The first-order chi connectivity index (χ1) is 9.33. The highest BCUT2D eigenvalue weighted by molar-refractivity contribution is 5.95. The Hall–Kier alpha value is -2.16. The highest BCUT2D eigenvalue weighted by Gasteiger charge is 2.21. The maximum absolute atomic E-state index is 12.0. The van der Waals surface area contributed by atoms with E-state index in [0.29, 0.717) is 11.5 Å². The van der Waals surface area contributed by atoms with Crippen LogP contribution in [-0.4, -0.2) is 17.4 Å². The molecule has 3 heteroatoms. The SMILES string of the molecule is O=C(NCC1CC1)c1cncc(-c2ccccc2)c1. The summed E-state index contributed by atoms with van der Waals surface area (Å²) in [5, 5.41) is 2.96. The Bertz CT molecular complexity index is 576. The highest BCUT2D eigenvalue weighted by atomic mass is 16.1. The summed E-state index contributed by atoms with van der Waals surface area (Å²) in [4.78, 5) is 16.2. The normalized spacial score (nSPS) is 14.1. The van der Waals surface area contributed by atoms with Crippen LogP contribution in [-0.2, 0) is 0 Å². The summed E-state index contributed by atoms with van der Waals surface area (Å²) in [5.41, 5.74) is 2.67. The lowest BCUT2D eigenvalue weighted by Gasteiger charge is -2.06. The van der Waals surface area contributed by atoms with Gasteiger partial charge in [0.15, 0.2) is 0 Å². The molecule has 1 N–H and O–H groups in total. The number of carbonyl (C=O) groups excluding carboxylic acids is 1. The molecule has 0 spiro atoms. The van der Waals surface area contributed by atoms with Crippen LogP contribution < -0.4 is 5.32 Å². The number of rotatable bonds is 4. The van der Waals surface area contributed by atoms with Gasteiger partial charge in [0.25, 0.3) is 5.91 Å². The Labute approximate surface area is 112 Å². The fourth-order valence-corrected chi connectivity index (χ4v) is 2.01. The molecule has 96 valence electrons. The van der Waals surface area contributed by atoms with Crippen LogP contribution in [0, 0.1) is 5.92 Å². The molecule has 1 fully saturated rings. The van der Waals surface area contributed by atoms with E-state index >= 15 is 0 Å². The number of amides is 1. The average molecular weight is 252 g/mol. The van der Waals surface area contributed by atoms with E-state index in [0.717, 1.165) is 17.7 Å². The van der Waals surface area contributed by atoms with Gasteiger partial charge in [0.05, 0.1) is 5.56 Å². The summed E-state index contributed by atoms with van der Waals surface area (Å²) in [6.45, 7) is 0.786. The summed E-state index contributed by atoms with van der Waals surface area (Å²) in [6, 6.07) is 11.9. The molecule has 1 heterocycles. The first-order valence-electron chi connectivity index (χ1n) is 6.61. The Morgan fingerprint density at radius 3 is 2.68 bits per heavy atom. The van der Waals surface area contributed by atoms with Crippen molar-refractivity contribution in [3.05, 3.63) is 54.4 Å². The Morgan fingerprint density at radius 1 is 1.16 bits per heavy atom. The minimum absolute atomic E-state index is 0.0304. The number of pyridine rings is 1. The number of hydrogen-bond acceptors (Lipinski definition) is 2. The summed E-state index contributed by atoms with van der Waals surface area (Å²) in [6.07, 6.45) is 5.88. The molecule has 3 nitrogen and oxygen atoms in total. The summed E-state index contributed by atoms with van der Waals surface area (Å²) in [7, 11) is 0. The minimum atomic E-state index is -0.0304. The number of nitrogens with zero attached hydrogens (tertiary/aromatic N) is 1. The molecule has 3 rings (SSSR count). The van der Waals surface area contributed by atoms with E-state index in [2.05, 4.69) is 10.3 Å². The van der Waals surface area contributed by atoms with Crippen molar-refractivity contribution in [2.75, 3.05) is 6.54 Å². The van der Waals surface area contributed by atoms with E-state index in [-0.39, 0.29) is 5.91 Å². The standard InChI is InChI=1S/C16H16N2O/c19-16(18-9-12-6-7-12)15-8-14(10-17-11-15)13-4-2-1-3-5-13/h1-5,8,10-12H,6-7,9H2,(H,18,19). The molecule has 1 aromatic heterocycles. The summed E-state index contributed by atoms with van der Waals surface area (Å²) >= 11 is 0. The van der Waals surface area contributed by atoms with Gasteiger partial charge in [-0.15, -0.1) is 0 Å². The van der Waals surface area contributed by atoms with Crippen molar-refractivity contribution < 1.29 is 4.79 Å². The molecule has 0 unspecified atom stereocenters. The van der Waals surface area contributed by atoms with Gasteiger partial charge in [-0.1, -0.05) is 30.3 Å². The second kappa shape index (κ2) is 5.22. The number of nitrogens with one attached hydrogen (secondary N) is 1. The van der Waals surface area contributed by atoms with E-state index in [1.54, 1.807) is 12.4 Å². The van der Waals surface area contributed by atoms with Crippen molar-refractivity contribution in [2.45, 2.75) is 12.8 Å². The van der Waals surface area contributed by atoms with Crippen molar-refractivity contribution >= 4 is 5.91 Å². The second-order valence-corrected chi connectivity index (χ2v) is 4.98. The molecular weight excluding hydrogens is 236 g/mol. The number of hydrogen-bond donors (Lipinski definition) is 1. The third-order valence-corrected chi connectivity index (χ3v) is 3.36. The Kier molecular flexibility index (Phi) is 3.27. The third kappa shape index (κ3) is 2.99. The lowest BCUT2D eigenvalue weighted by atomic mass is 10.1. The molecule has 1 amide bonds. The predicted molar refractivity (Wildman–Crippen MR) is 74.7 cm³/mol. The molecule has 0 saturated heterocycles. The number of carbonyl (C=O) groups is 1. The van der Waals surface area contributed by atoms with Gasteiger partial charge in [0, 0.05) is 24.5 Å². The van der Waals surface area contributed by atoms with Crippen LogP contribution in [0.15, 0.2) is 48.8 Å². The molecule has 1 saturated carbocycles. The zero-order valence-corrected chi connectivity index (χ0v) is 10.7. The molecule has 0 bridgehead atoms. The van der Waals surface area contributed by atoms with Gasteiger partial charge in [-0.2, -0.15) is 0 Å². The highest BCUT2D eigenvalue weighted by Crippen LogP contribution is 2.27. The Balaban J connectivity index is 1.77. The Morgan fingerprint density at radius 2 is 1.95 bits per heavy atom. The van der Waals surface area contributed by atoms with Gasteiger partial charge in [0.1, 0.15) is 0 Å². The number of benzene rings is 1. The van der Waals surface area contributed by atoms with Gasteiger partial charge in [-0.25, -0.2) is 0 Å². The molecular formula is C16H16N2O. The van der Waals surface area contributed by atoms with Crippen LogP contribution >= 0.6 is 0 Å². The van der Waals surface area contributed by atoms with Gasteiger partial charge >= 0.3 is 0 Å². The van der Waals surface area contributed by atoms with Gasteiger partial charge in [-0.3, -0.25) is 9.78 Å². The van der Waals surface area contributed by atoms with E-state index in [1.165, 1.54) is 12.8 Å². The van der Waals surface area contributed by atoms with Crippen LogP contribution in [0.1, 0.15) is 23.2 Å². The molecule has 0 aliphatic heterocycles. The quantitative estimate of drug-likeness (QED) is 0.909. The van der Waals surface area contributed by atoms with E-state index in [4.69, 9.17) is 0 Å². The molecule has 1 aromatic carbocycles. The second-order valence-electron chi connectivity index (χ2n) is 4.98. The first kappa shape index (κ1) is 11.9. The fourth-order valence-electron chi connectivity index (χ4n) is 2.01. The monoisotopic (exact) mass is 252 g/mol. The molecule has 0 atom stereocenters. The molecule has 0 radical (unpaired) electrons. The van der Waals surface area contributed by atoms with Crippen molar-refractivity contribution in [1.29, 1.82) is 0 Å². The third-order valence-electron chi connectivity index (χ3n) is 3.36. The maximum atomic E-state index is 12.0. The van der Waals surface area contributed by atoms with Crippen molar-refractivity contribution in [1.82, 2.24) is 10.3 Å². The van der Waals surface area contributed by atoms with Crippen molar-refractivity contribution in [3.63, 3.8) is 0 Å². The molecule has 2 aromatic rings. The van der Waals surface area contributed by atoms with Crippen LogP contribution in [0.4, 0.5) is 0 Å².